The number of carbonyl (C=O) groups excluding carboxylic acids is 1. The van der Waals surface area contributed by atoms with Crippen molar-refractivity contribution in [2.45, 2.75) is 45.7 Å². The number of ether oxygens (including phenoxy) is 1. The first-order valence-corrected chi connectivity index (χ1v) is 9.19. The number of fused-ring (bicyclic) bond motifs is 1. The minimum absolute atomic E-state index is 0.0807. The summed E-state index contributed by atoms with van der Waals surface area (Å²) >= 11 is 0. The third-order valence-corrected chi connectivity index (χ3v) is 4.85. The molecule has 4 rings (SSSR count). The predicted octanol–water partition coefficient (Wildman–Crippen LogP) is 3.45. The lowest BCUT2D eigenvalue weighted by Crippen LogP contribution is -2.33. The largest absolute Gasteiger partial charge is 0.491 e. The van der Waals surface area contributed by atoms with Crippen LogP contribution in [0.5, 0.6) is 5.75 Å². The van der Waals surface area contributed by atoms with Crippen molar-refractivity contribution < 1.29 is 9.53 Å². The number of aromatic nitrogens is 2. The number of para-hydroxylation sites is 1. The molecule has 5 heteroatoms. The van der Waals surface area contributed by atoms with Crippen LogP contribution in [0.4, 0.5) is 0 Å². The van der Waals surface area contributed by atoms with Crippen LogP contribution in [0.25, 0.3) is 0 Å². The van der Waals surface area contributed by atoms with Crippen molar-refractivity contribution >= 4 is 5.91 Å². The van der Waals surface area contributed by atoms with Crippen LogP contribution in [-0.2, 0) is 13.1 Å². The Hall–Kier alpha value is -2.30. The molecule has 1 fully saturated rings. The number of amides is 1. The molecule has 1 aliphatic carbocycles. The van der Waals surface area contributed by atoms with Crippen LogP contribution in [0.3, 0.4) is 0 Å². The highest BCUT2D eigenvalue weighted by molar-refractivity contribution is 5.95. The standard InChI is InChI=1S/C20H25N3O2/c1-14(2)12-23-19(15-7-8-15)17(11-21-23)20(24)22-9-10-25-18-6-4-3-5-16(18)13-22/h3-6,11,14-15H,7-10,12-13H2,1-2H3. The highest BCUT2D eigenvalue weighted by atomic mass is 16.5. The van der Waals surface area contributed by atoms with Crippen molar-refractivity contribution in [3.63, 3.8) is 0 Å². The molecule has 0 saturated heterocycles. The van der Waals surface area contributed by atoms with Crippen LogP contribution in [0.15, 0.2) is 30.5 Å². The summed E-state index contributed by atoms with van der Waals surface area (Å²) in [6, 6.07) is 7.97. The summed E-state index contributed by atoms with van der Waals surface area (Å²) in [5.74, 6) is 1.97. The molecule has 5 nitrogen and oxygen atoms in total. The van der Waals surface area contributed by atoms with Crippen molar-refractivity contribution in [3.8, 4) is 5.75 Å². The van der Waals surface area contributed by atoms with E-state index in [1.807, 2.05) is 29.2 Å². The minimum atomic E-state index is 0.0807. The van der Waals surface area contributed by atoms with Crippen molar-refractivity contribution in [1.82, 2.24) is 14.7 Å². The van der Waals surface area contributed by atoms with Crippen molar-refractivity contribution in [3.05, 3.63) is 47.3 Å². The highest BCUT2D eigenvalue weighted by Gasteiger charge is 2.34. The van der Waals surface area contributed by atoms with E-state index in [-0.39, 0.29) is 5.91 Å². The summed E-state index contributed by atoms with van der Waals surface area (Å²) in [6.45, 7) is 6.96. The zero-order valence-electron chi connectivity index (χ0n) is 14.9. The van der Waals surface area contributed by atoms with Crippen LogP contribution >= 0.6 is 0 Å². The second kappa shape index (κ2) is 6.54. The minimum Gasteiger partial charge on any atom is -0.491 e. The topological polar surface area (TPSA) is 47.4 Å². The van der Waals surface area contributed by atoms with E-state index in [0.717, 1.165) is 42.0 Å². The molecule has 2 aliphatic rings. The van der Waals surface area contributed by atoms with E-state index in [9.17, 15) is 4.79 Å². The van der Waals surface area contributed by atoms with Crippen molar-refractivity contribution in [2.24, 2.45) is 5.92 Å². The number of hydrogen-bond acceptors (Lipinski definition) is 3. The van der Waals surface area contributed by atoms with Crippen LogP contribution in [0, 0.1) is 5.92 Å². The molecule has 1 aromatic carbocycles. The number of benzene rings is 1. The molecule has 25 heavy (non-hydrogen) atoms. The lowest BCUT2D eigenvalue weighted by Gasteiger charge is -2.20. The monoisotopic (exact) mass is 339 g/mol. The van der Waals surface area contributed by atoms with Gasteiger partial charge in [0.1, 0.15) is 12.4 Å². The van der Waals surface area contributed by atoms with E-state index < -0.39 is 0 Å². The quantitative estimate of drug-likeness (QED) is 0.857. The van der Waals surface area contributed by atoms with Crippen LogP contribution < -0.4 is 4.74 Å². The third-order valence-electron chi connectivity index (χ3n) is 4.85. The molecule has 2 aromatic rings. The third kappa shape index (κ3) is 3.28. The Kier molecular flexibility index (Phi) is 4.24. The van der Waals surface area contributed by atoms with E-state index in [1.165, 1.54) is 0 Å². The number of carbonyl (C=O) groups is 1. The summed E-state index contributed by atoms with van der Waals surface area (Å²) in [7, 11) is 0. The van der Waals surface area contributed by atoms with Gasteiger partial charge >= 0.3 is 0 Å². The molecule has 1 amide bonds. The molecule has 0 N–H and O–H groups in total. The average molecular weight is 339 g/mol. The van der Waals surface area contributed by atoms with Crippen molar-refractivity contribution in [2.75, 3.05) is 13.2 Å². The molecule has 1 aromatic heterocycles. The molecule has 1 aliphatic heterocycles. The summed E-state index contributed by atoms with van der Waals surface area (Å²) in [6.07, 6.45) is 4.10. The zero-order chi connectivity index (χ0) is 17.4. The van der Waals surface area contributed by atoms with Gasteiger partial charge in [-0.3, -0.25) is 9.48 Å². The molecule has 132 valence electrons. The maximum Gasteiger partial charge on any atom is 0.257 e. The van der Waals surface area contributed by atoms with E-state index in [2.05, 4.69) is 23.6 Å². The van der Waals surface area contributed by atoms with E-state index in [4.69, 9.17) is 4.74 Å². The van der Waals surface area contributed by atoms with Gasteiger partial charge in [-0.25, -0.2) is 0 Å². The molecule has 1 saturated carbocycles. The van der Waals surface area contributed by atoms with Gasteiger partial charge in [0, 0.05) is 24.6 Å². The maximum absolute atomic E-state index is 13.2. The second-order valence-electron chi connectivity index (χ2n) is 7.48. The predicted molar refractivity (Wildman–Crippen MR) is 95.7 cm³/mol. The smallest absolute Gasteiger partial charge is 0.257 e. The Morgan fingerprint density at radius 1 is 1.32 bits per heavy atom. The molecular weight excluding hydrogens is 314 g/mol. The Bertz CT molecular complexity index is 777. The zero-order valence-corrected chi connectivity index (χ0v) is 14.9. The fourth-order valence-electron chi connectivity index (χ4n) is 3.51. The lowest BCUT2D eigenvalue weighted by molar-refractivity contribution is 0.0732. The first-order valence-electron chi connectivity index (χ1n) is 9.19. The van der Waals surface area contributed by atoms with Crippen LogP contribution in [0.1, 0.15) is 54.2 Å². The van der Waals surface area contributed by atoms with Gasteiger partial charge in [0.05, 0.1) is 24.0 Å². The maximum atomic E-state index is 13.2. The molecule has 0 unspecified atom stereocenters. The molecule has 0 radical (unpaired) electrons. The van der Waals surface area contributed by atoms with Gasteiger partial charge in [-0.05, 0) is 24.8 Å². The summed E-state index contributed by atoms with van der Waals surface area (Å²) < 4.78 is 7.85. The van der Waals surface area contributed by atoms with Gasteiger partial charge in [0.15, 0.2) is 0 Å². The molecular formula is C20H25N3O2. The van der Waals surface area contributed by atoms with Gasteiger partial charge in [0.25, 0.3) is 5.91 Å². The number of hydrogen-bond donors (Lipinski definition) is 0. The summed E-state index contributed by atoms with van der Waals surface area (Å²) in [5, 5.41) is 4.54. The van der Waals surface area contributed by atoms with Crippen LogP contribution in [0.2, 0.25) is 0 Å². The summed E-state index contributed by atoms with van der Waals surface area (Å²) in [5.41, 5.74) is 2.98. The average Bonchev–Trinajstić information content (AvgIpc) is 3.38. The normalized spacial score (nSPS) is 17.2. The Morgan fingerprint density at radius 2 is 2.12 bits per heavy atom. The molecule has 2 heterocycles. The second-order valence-corrected chi connectivity index (χ2v) is 7.48. The number of nitrogens with zero attached hydrogens (tertiary/aromatic N) is 3. The molecule has 0 atom stereocenters. The van der Waals surface area contributed by atoms with Gasteiger partial charge < -0.3 is 9.64 Å². The summed E-state index contributed by atoms with van der Waals surface area (Å²) in [4.78, 5) is 15.1. The first-order chi connectivity index (χ1) is 12.1. The van der Waals surface area contributed by atoms with Gasteiger partial charge in [-0.15, -0.1) is 0 Å². The fourth-order valence-corrected chi connectivity index (χ4v) is 3.51. The first kappa shape index (κ1) is 16.2. The number of rotatable bonds is 4. The van der Waals surface area contributed by atoms with E-state index in [1.54, 1.807) is 6.20 Å². The highest BCUT2D eigenvalue weighted by Crippen LogP contribution is 2.42. The van der Waals surface area contributed by atoms with Gasteiger partial charge in [0.2, 0.25) is 0 Å². The lowest BCUT2D eigenvalue weighted by atomic mass is 10.1. The Balaban J connectivity index is 1.62. The molecule has 0 spiro atoms. The Morgan fingerprint density at radius 3 is 2.88 bits per heavy atom. The Labute approximate surface area is 148 Å². The van der Waals surface area contributed by atoms with Crippen molar-refractivity contribution in [1.29, 1.82) is 0 Å². The molecule has 0 bridgehead atoms. The fraction of sp³-hybridized carbons (Fsp3) is 0.500. The SMILES string of the molecule is CC(C)Cn1ncc(C(=O)N2CCOc3ccccc3C2)c1C1CC1. The van der Waals surface area contributed by atoms with Gasteiger partial charge in [-0.1, -0.05) is 32.0 Å². The van der Waals surface area contributed by atoms with Crippen LogP contribution in [-0.4, -0.2) is 33.7 Å². The van der Waals surface area contributed by atoms with E-state index in [0.29, 0.717) is 31.5 Å². The van der Waals surface area contributed by atoms with Gasteiger partial charge in [-0.2, -0.15) is 5.10 Å². The van der Waals surface area contributed by atoms with E-state index >= 15 is 0 Å².